The van der Waals surface area contributed by atoms with Crippen molar-refractivity contribution in [1.29, 1.82) is 0 Å². The van der Waals surface area contributed by atoms with Gasteiger partial charge in [0.1, 0.15) is 12.7 Å². The van der Waals surface area contributed by atoms with Gasteiger partial charge in [-0.05, 0) is 122 Å². The Balaban J connectivity index is 4.86. The van der Waals surface area contributed by atoms with Crippen LogP contribution in [-0.2, 0) is 42.2 Å². The number of rotatable bonds is 51. The van der Waals surface area contributed by atoms with Crippen LogP contribution in [0.5, 0.6) is 0 Å². The van der Waals surface area contributed by atoms with E-state index in [2.05, 4.69) is 136 Å². The topological polar surface area (TPSA) is 155 Å². The molecular weight excluding hydrogens is 952 g/mol. The number of aliphatic hydroxyl groups is 1. The van der Waals surface area contributed by atoms with Crippen molar-refractivity contribution in [2.75, 3.05) is 26.4 Å². The summed E-state index contributed by atoms with van der Waals surface area (Å²) in [5, 5.41) is 9.81. The van der Waals surface area contributed by atoms with E-state index in [1.165, 1.54) is 19.3 Å². The predicted octanol–water partition coefficient (Wildman–Crippen LogP) is 16.8. The number of carbonyl (C=O) groups is 3. The lowest BCUT2D eigenvalue weighted by molar-refractivity contribution is -0.161. The highest BCUT2D eigenvalue weighted by atomic mass is 31.2. The standard InChI is InChI=1S/C62H101O11P/c1-4-7-10-13-16-19-22-25-28-29-32-33-36-39-42-45-48-51-60(64)69-55-59(73-62(66)53-50-47-44-41-38-35-31-27-24-21-18-15-12-9-6-3)57-71-74(67,68)70-56-58(54-63)72-61(65)52-49-46-43-40-37-34-30-26-23-20-17-14-11-8-5-2/h7,9-10,12,16-21,25-28,30-33,39,42,58-59,63H,4-6,8,11,13-15,22-24,29,34-38,40-41,43-57H2,1-3H3,(H,67,68)/b10-7-,12-9-,19-16-,20-17-,21-18-,28-25-,30-26-,31-27-,33-32-,42-39-. The number of ether oxygens (including phenoxy) is 3. The van der Waals surface area contributed by atoms with E-state index in [9.17, 15) is 28.9 Å². The summed E-state index contributed by atoms with van der Waals surface area (Å²) in [5.41, 5.74) is 0. The minimum absolute atomic E-state index is 0.128. The fourth-order valence-electron chi connectivity index (χ4n) is 7.08. The molecule has 420 valence electrons. The molecule has 0 rings (SSSR count). The molecule has 12 heteroatoms. The van der Waals surface area contributed by atoms with Gasteiger partial charge in [0, 0.05) is 19.3 Å². The molecule has 0 saturated heterocycles. The van der Waals surface area contributed by atoms with Crippen LogP contribution in [0, 0.1) is 0 Å². The van der Waals surface area contributed by atoms with Gasteiger partial charge in [-0.3, -0.25) is 23.4 Å². The molecule has 0 aliphatic rings. The van der Waals surface area contributed by atoms with Crippen LogP contribution in [0.4, 0.5) is 0 Å². The molecule has 11 nitrogen and oxygen atoms in total. The summed E-state index contributed by atoms with van der Waals surface area (Å²) in [6.07, 6.45) is 67.3. The molecule has 2 N–H and O–H groups in total. The van der Waals surface area contributed by atoms with Gasteiger partial charge in [-0.1, -0.05) is 194 Å². The zero-order chi connectivity index (χ0) is 54.1. The van der Waals surface area contributed by atoms with Crippen molar-refractivity contribution in [2.24, 2.45) is 0 Å². The van der Waals surface area contributed by atoms with E-state index >= 15 is 0 Å². The first-order valence-corrected chi connectivity index (χ1v) is 29.9. The number of phosphoric ester groups is 1. The average Bonchev–Trinajstić information content (AvgIpc) is 3.39. The lowest BCUT2D eigenvalue weighted by Gasteiger charge is -2.21. The molecule has 0 bridgehead atoms. The van der Waals surface area contributed by atoms with Crippen molar-refractivity contribution < 1.29 is 52.2 Å². The van der Waals surface area contributed by atoms with Crippen LogP contribution < -0.4 is 0 Å². The molecule has 0 spiro atoms. The number of hydrogen-bond donors (Lipinski definition) is 2. The van der Waals surface area contributed by atoms with Crippen LogP contribution in [0.1, 0.15) is 213 Å². The Morgan fingerprint density at radius 1 is 0.392 bits per heavy atom. The molecule has 0 aromatic rings. The van der Waals surface area contributed by atoms with E-state index in [1.54, 1.807) is 0 Å². The number of allylic oxidation sites excluding steroid dienone is 20. The molecule has 3 unspecified atom stereocenters. The normalized spacial score (nSPS) is 14.3. The van der Waals surface area contributed by atoms with Gasteiger partial charge in [0.05, 0.1) is 19.8 Å². The number of carbonyl (C=O) groups excluding carboxylic acids is 3. The van der Waals surface area contributed by atoms with Gasteiger partial charge in [-0.15, -0.1) is 0 Å². The third kappa shape index (κ3) is 52.7. The highest BCUT2D eigenvalue weighted by molar-refractivity contribution is 7.47. The smallest absolute Gasteiger partial charge is 0.462 e. The Hall–Kier alpha value is -4.12. The maximum absolute atomic E-state index is 12.9. The van der Waals surface area contributed by atoms with Crippen LogP contribution in [0.25, 0.3) is 0 Å². The van der Waals surface area contributed by atoms with Crippen LogP contribution >= 0.6 is 7.82 Å². The molecule has 0 heterocycles. The van der Waals surface area contributed by atoms with E-state index in [0.29, 0.717) is 25.7 Å². The molecule has 0 aromatic carbocycles. The van der Waals surface area contributed by atoms with Gasteiger partial charge >= 0.3 is 25.7 Å². The molecule has 0 aliphatic heterocycles. The number of esters is 3. The van der Waals surface area contributed by atoms with Crippen molar-refractivity contribution in [3.8, 4) is 0 Å². The van der Waals surface area contributed by atoms with Crippen molar-refractivity contribution in [3.63, 3.8) is 0 Å². The van der Waals surface area contributed by atoms with Crippen LogP contribution in [0.3, 0.4) is 0 Å². The Bertz CT molecular complexity index is 1700. The predicted molar refractivity (Wildman–Crippen MR) is 306 cm³/mol. The number of phosphoric acid groups is 1. The second-order valence-corrected chi connectivity index (χ2v) is 19.8. The quantitative estimate of drug-likeness (QED) is 0.0197. The SMILES string of the molecule is CC/C=C\C/C=C\C/C=C\C/C=C\C/C=C\CCCC(=O)OCC(COP(=O)(O)OCC(CO)OC(=O)CCCCCCC/C=C\C/C=C\CCCCC)OC(=O)CCCCCCC/C=C\C/C=C\C/C=C\CC. The summed E-state index contributed by atoms with van der Waals surface area (Å²) in [6.45, 7) is 4.27. The average molecular weight is 1050 g/mol. The summed E-state index contributed by atoms with van der Waals surface area (Å²) in [5.74, 6) is -1.58. The third-order valence-electron chi connectivity index (χ3n) is 11.3. The van der Waals surface area contributed by atoms with Gasteiger partial charge < -0.3 is 24.2 Å². The molecule has 0 radical (unpaired) electrons. The maximum Gasteiger partial charge on any atom is 0.472 e. The Kier molecular flexibility index (Phi) is 52.1. The van der Waals surface area contributed by atoms with E-state index < -0.39 is 57.8 Å². The number of aliphatic hydroxyl groups excluding tert-OH is 1. The molecule has 0 aromatic heterocycles. The summed E-state index contributed by atoms with van der Waals surface area (Å²) in [7, 11) is -4.78. The molecule has 74 heavy (non-hydrogen) atoms. The minimum atomic E-state index is -4.78. The summed E-state index contributed by atoms with van der Waals surface area (Å²) in [6, 6.07) is 0. The van der Waals surface area contributed by atoms with E-state index in [-0.39, 0.29) is 25.9 Å². The lowest BCUT2D eigenvalue weighted by Crippen LogP contribution is -2.30. The first kappa shape index (κ1) is 69.9. The van der Waals surface area contributed by atoms with Gasteiger partial charge in [0.2, 0.25) is 0 Å². The minimum Gasteiger partial charge on any atom is -0.462 e. The van der Waals surface area contributed by atoms with Crippen LogP contribution in [0.15, 0.2) is 122 Å². The fraction of sp³-hybridized carbons (Fsp3) is 0.629. The third-order valence-corrected chi connectivity index (χ3v) is 12.3. The summed E-state index contributed by atoms with van der Waals surface area (Å²) in [4.78, 5) is 48.5. The van der Waals surface area contributed by atoms with Crippen LogP contribution in [0.2, 0.25) is 0 Å². The van der Waals surface area contributed by atoms with E-state index in [1.807, 2.05) is 6.08 Å². The van der Waals surface area contributed by atoms with Crippen molar-refractivity contribution in [2.45, 2.75) is 226 Å². The van der Waals surface area contributed by atoms with E-state index in [4.69, 9.17) is 23.3 Å². The highest BCUT2D eigenvalue weighted by Crippen LogP contribution is 2.43. The Labute approximate surface area is 449 Å². The van der Waals surface area contributed by atoms with Gasteiger partial charge in [-0.2, -0.15) is 0 Å². The molecule has 0 fully saturated rings. The molecule has 3 atom stereocenters. The second kappa shape index (κ2) is 55.1. The van der Waals surface area contributed by atoms with Gasteiger partial charge in [0.15, 0.2) is 6.10 Å². The van der Waals surface area contributed by atoms with Gasteiger partial charge in [-0.25, -0.2) is 4.57 Å². The molecule has 0 saturated carbocycles. The first-order chi connectivity index (χ1) is 36.2. The Morgan fingerprint density at radius 2 is 0.716 bits per heavy atom. The van der Waals surface area contributed by atoms with E-state index in [0.717, 1.165) is 128 Å². The second-order valence-electron chi connectivity index (χ2n) is 18.3. The highest BCUT2D eigenvalue weighted by Gasteiger charge is 2.28. The Morgan fingerprint density at radius 3 is 1.12 bits per heavy atom. The molecule has 0 aliphatic carbocycles. The van der Waals surface area contributed by atoms with Crippen molar-refractivity contribution in [1.82, 2.24) is 0 Å². The van der Waals surface area contributed by atoms with Crippen molar-refractivity contribution in [3.05, 3.63) is 122 Å². The first-order valence-electron chi connectivity index (χ1n) is 28.4. The monoisotopic (exact) mass is 1050 g/mol. The largest absolute Gasteiger partial charge is 0.472 e. The van der Waals surface area contributed by atoms with Gasteiger partial charge in [0.25, 0.3) is 0 Å². The molecular formula is C62H101O11P. The maximum atomic E-state index is 12.9. The van der Waals surface area contributed by atoms with Crippen molar-refractivity contribution >= 4 is 25.7 Å². The summed E-state index contributed by atoms with van der Waals surface area (Å²) < 4.78 is 39.4. The number of unbranched alkanes of at least 4 members (excludes halogenated alkanes) is 14. The van der Waals surface area contributed by atoms with Crippen LogP contribution in [-0.4, -0.2) is 66.5 Å². The fourth-order valence-corrected chi connectivity index (χ4v) is 7.87. The zero-order valence-corrected chi connectivity index (χ0v) is 47.2. The molecule has 0 amide bonds. The lowest BCUT2D eigenvalue weighted by atomic mass is 10.1. The summed E-state index contributed by atoms with van der Waals surface area (Å²) >= 11 is 0. The zero-order valence-electron chi connectivity index (χ0n) is 46.3. The number of hydrogen-bond acceptors (Lipinski definition) is 10.